The average Bonchev–Trinajstić information content (AvgIpc) is 2.57. The Balaban J connectivity index is 1.94. The van der Waals surface area contributed by atoms with Crippen molar-refractivity contribution in [2.75, 3.05) is 18.5 Å². The van der Waals surface area contributed by atoms with E-state index in [0.29, 0.717) is 33.6 Å². The van der Waals surface area contributed by atoms with Gasteiger partial charge in [-0.1, -0.05) is 11.6 Å². The molecule has 2 aromatic rings. The van der Waals surface area contributed by atoms with Gasteiger partial charge < -0.3 is 15.4 Å². The zero-order valence-corrected chi connectivity index (χ0v) is 16.6. The van der Waals surface area contributed by atoms with Crippen LogP contribution in [0.4, 0.5) is 14.5 Å². The number of halogens is 4. The zero-order valence-electron chi connectivity index (χ0n) is 14.2. The van der Waals surface area contributed by atoms with E-state index >= 15 is 0 Å². The molecule has 0 saturated heterocycles. The monoisotopic (exact) mass is 460 g/mol. The van der Waals surface area contributed by atoms with E-state index in [4.69, 9.17) is 16.3 Å². The molecule has 27 heavy (non-hydrogen) atoms. The maximum atomic E-state index is 13.6. The highest BCUT2D eigenvalue weighted by Crippen LogP contribution is 2.36. The van der Waals surface area contributed by atoms with E-state index in [-0.39, 0.29) is 18.5 Å². The molecular formula is C18H16BrClF2N2O3. The summed E-state index contributed by atoms with van der Waals surface area (Å²) < 4.78 is 32.5. The van der Waals surface area contributed by atoms with Crippen molar-refractivity contribution in [3.8, 4) is 5.75 Å². The second kappa shape index (κ2) is 9.66. The highest BCUT2D eigenvalue weighted by atomic mass is 79.9. The van der Waals surface area contributed by atoms with E-state index < -0.39 is 23.4 Å². The lowest BCUT2D eigenvalue weighted by atomic mass is 10.2. The van der Waals surface area contributed by atoms with Crippen molar-refractivity contribution in [3.05, 3.63) is 57.0 Å². The first-order chi connectivity index (χ1) is 12.8. The molecule has 144 valence electrons. The topological polar surface area (TPSA) is 67.4 Å². The van der Waals surface area contributed by atoms with Gasteiger partial charge in [-0.15, -0.1) is 0 Å². The van der Waals surface area contributed by atoms with Crippen molar-refractivity contribution >= 4 is 45.0 Å². The average molecular weight is 462 g/mol. The summed E-state index contributed by atoms with van der Waals surface area (Å²) in [6.07, 6.45) is -0.0652. The van der Waals surface area contributed by atoms with Crippen molar-refractivity contribution in [3.63, 3.8) is 0 Å². The predicted octanol–water partition coefficient (Wildman–Crippen LogP) is 4.54. The van der Waals surface area contributed by atoms with Crippen LogP contribution in [-0.4, -0.2) is 25.0 Å². The molecule has 0 atom stereocenters. The first-order valence-corrected chi connectivity index (χ1v) is 9.13. The number of carbonyl (C=O) groups excluding carboxylic acids is 2. The lowest BCUT2D eigenvalue weighted by molar-refractivity contribution is -0.116. The maximum Gasteiger partial charge on any atom is 0.254 e. The fraction of sp³-hybridized carbons (Fsp3) is 0.222. The van der Waals surface area contributed by atoms with Crippen molar-refractivity contribution in [1.29, 1.82) is 0 Å². The fourth-order valence-corrected chi connectivity index (χ4v) is 3.14. The Morgan fingerprint density at radius 2 is 1.96 bits per heavy atom. The molecule has 0 fully saturated rings. The van der Waals surface area contributed by atoms with Gasteiger partial charge >= 0.3 is 0 Å². The van der Waals surface area contributed by atoms with Gasteiger partial charge in [0.15, 0.2) is 5.75 Å². The largest absolute Gasteiger partial charge is 0.491 e. The van der Waals surface area contributed by atoms with Crippen molar-refractivity contribution < 1.29 is 23.1 Å². The number of carbonyl (C=O) groups is 2. The van der Waals surface area contributed by atoms with Gasteiger partial charge in [0.05, 0.1) is 22.3 Å². The van der Waals surface area contributed by atoms with E-state index in [1.165, 1.54) is 0 Å². The standard InChI is InChI=1S/C18H16BrClF2N2O3/c1-2-27-17-13(19)7-10(20)8-15(17)24-16(25)5-6-23-18(26)12-4-3-11(21)9-14(12)22/h3-4,7-9H,2,5-6H2,1H3,(H,23,26)(H,24,25). The number of amides is 2. The molecule has 2 N–H and O–H groups in total. The van der Waals surface area contributed by atoms with Crippen molar-refractivity contribution in [2.45, 2.75) is 13.3 Å². The molecule has 2 amide bonds. The van der Waals surface area contributed by atoms with Gasteiger partial charge in [0.1, 0.15) is 11.6 Å². The molecule has 5 nitrogen and oxygen atoms in total. The molecule has 0 bridgehead atoms. The third-order valence-electron chi connectivity index (χ3n) is 3.38. The van der Waals surface area contributed by atoms with E-state index in [1.807, 2.05) is 0 Å². The molecular weight excluding hydrogens is 446 g/mol. The third kappa shape index (κ3) is 5.90. The van der Waals surface area contributed by atoms with Gasteiger partial charge in [0, 0.05) is 24.1 Å². The Hall–Kier alpha value is -2.19. The number of ether oxygens (including phenoxy) is 1. The van der Waals surface area contributed by atoms with Crippen LogP contribution in [0.3, 0.4) is 0 Å². The van der Waals surface area contributed by atoms with E-state index in [2.05, 4.69) is 26.6 Å². The fourth-order valence-electron chi connectivity index (χ4n) is 2.22. The Bertz CT molecular complexity index is 865. The normalized spacial score (nSPS) is 10.4. The second-order valence-electron chi connectivity index (χ2n) is 5.38. The molecule has 2 rings (SSSR count). The number of rotatable bonds is 7. The van der Waals surface area contributed by atoms with Crippen LogP contribution < -0.4 is 15.4 Å². The summed E-state index contributed by atoms with van der Waals surface area (Å²) in [4.78, 5) is 24.0. The van der Waals surface area contributed by atoms with Gasteiger partial charge in [-0.05, 0) is 47.1 Å². The maximum absolute atomic E-state index is 13.6. The van der Waals surface area contributed by atoms with Crippen molar-refractivity contribution in [2.24, 2.45) is 0 Å². The van der Waals surface area contributed by atoms with Crippen LogP contribution in [0.2, 0.25) is 5.02 Å². The number of anilines is 1. The first kappa shape index (κ1) is 21.1. The minimum atomic E-state index is -0.970. The van der Waals surface area contributed by atoms with Gasteiger partial charge in [-0.3, -0.25) is 9.59 Å². The van der Waals surface area contributed by atoms with E-state index in [1.54, 1.807) is 19.1 Å². The van der Waals surface area contributed by atoms with Gasteiger partial charge in [0.2, 0.25) is 5.91 Å². The molecule has 9 heteroatoms. The van der Waals surface area contributed by atoms with Gasteiger partial charge in [-0.25, -0.2) is 8.78 Å². The van der Waals surface area contributed by atoms with E-state index in [9.17, 15) is 18.4 Å². The second-order valence-corrected chi connectivity index (χ2v) is 6.67. The number of benzene rings is 2. The number of nitrogens with one attached hydrogen (secondary N) is 2. The summed E-state index contributed by atoms with van der Waals surface area (Å²) in [5, 5.41) is 5.47. The highest BCUT2D eigenvalue weighted by Gasteiger charge is 2.15. The van der Waals surface area contributed by atoms with Crippen LogP contribution in [0.15, 0.2) is 34.8 Å². The van der Waals surface area contributed by atoms with Crippen LogP contribution >= 0.6 is 27.5 Å². The lowest BCUT2D eigenvalue weighted by Crippen LogP contribution is -2.28. The molecule has 0 aliphatic rings. The summed E-state index contributed by atoms with van der Waals surface area (Å²) in [7, 11) is 0. The quantitative estimate of drug-likeness (QED) is 0.636. The summed E-state index contributed by atoms with van der Waals surface area (Å²) >= 11 is 9.31. The molecule has 2 aromatic carbocycles. The molecule has 0 saturated carbocycles. The number of hydrogen-bond acceptors (Lipinski definition) is 3. The zero-order chi connectivity index (χ0) is 20.0. The third-order valence-corrected chi connectivity index (χ3v) is 4.19. The van der Waals surface area contributed by atoms with Gasteiger partial charge in [0.25, 0.3) is 5.91 Å². The summed E-state index contributed by atoms with van der Waals surface area (Å²) in [5.41, 5.74) is 0.0892. The first-order valence-electron chi connectivity index (χ1n) is 7.96. The highest BCUT2D eigenvalue weighted by molar-refractivity contribution is 9.10. The smallest absolute Gasteiger partial charge is 0.254 e. The van der Waals surface area contributed by atoms with Crippen LogP contribution in [0.25, 0.3) is 0 Å². The molecule has 0 aromatic heterocycles. The van der Waals surface area contributed by atoms with E-state index in [0.717, 1.165) is 12.1 Å². The van der Waals surface area contributed by atoms with Crippen LogP contribution in [0.5, 0.6) is 5.75 Å². The minimum Gasteiger partial charge on any atom is -0.491 e. The Kier molecular flexibility index (Phi) is 7.55. The minimum absolute atomic E-state index is 0.0345. The predicted molar refractivity (Wildman–Crippen MR) is 102 cm³/mol. The summed E-state index contributed by atoms with van der Waals surface area (Å²) in [6.45, 7) is 2.16. The van der Waals surface area contributed by atoms with Crippen LogP contribution in [-0.2, 0) is 4.79 Å². The molecule has 0 radical (unpaired) electrons. The lowest BCUT2D eigenvalue weighted by Gasteiger charge is -2.14. The van der Waals surface area contributed by atoms with Crippen molar-refractivity contribution in [1.82, 2.24) is 5.32 Å². The summed E-state index contributed by atoms with van der Waals surface area (Å²) in [5.74, 6) is -2.44. The molecule has 0 aliphatic carbocycles. The van der Waals surface area contributed by atoms with Crippen LogP contribution in [0, 0.1) is 11.6 Å². The number of hydrogen-bond donors (Lipinski definition) is 2. The molecule has 0 aliphatic heterocycles. The Morgan fingerprint density at radius 1 is 1.22 bits per heavy atom. The Labute approximate surface area is 168 Å². The molecule has 0 unspecified atom stereocenters. The van der Waals surface area contributed by atoms with Gasteiger partial charge in [-0.2, -0.15) is 0 Å². The SMILES string of the molecule is CCOc1c(Br)cc(Cl)cc1NC(=O)CCNC(=O)c1ccc(F)cc1F. The molecule has 0 spiro atoms. The Morgan fingerprint density at radius 3 is 2.63 bits per heavy atom. The molecule has 0 heterocycles. The van der Waals surface area contributed by atoms with Crippen LogP contribution in [0.1, 0.15) is 23.7 Å². The summed E-state index contributed by atoms with van der Waals surface area (Å²) in [6, 6.07) is 5.82.